The topological polar surface area (TPSA) is 80.8 Å². The van der Waals surface area contributed by atoms with E-state index in [2.05, 4.69) is 9.88 Å². The summed E-state index contributed by atoms with van der Waals surface area (Å²) in [5, 5.41) is 11.3. The lowest BCUT2D eigenvalue weighted by Gasteiger charge is -2.41. The number of hydrogen-bond donors (Lipinski definition) is 2. The molecule has 0 atom stereocenters. The molecule has 3 N–H and O–H groups in total. The lowest BCUT2D eigenvalue weighted by atomic mass is 9.75. The number of aliphatic hydroxyl groups is 1. The van der Waals surface area contributed by atoms with Crippen LogP contribution < -0.4 is 15.2 Å². The minimum atomic E-state index is -1.05. The van der Waals surface area contributed by atoms with Gasteiger partial charge in [-0.15, -0.1) is 0 Å². The molecule has 9 heteroatoms. The molecule has 200 valence electrons. The number of hydrogen-bond acceptors (Lipinski definition) is 6. The van der Waals surface area contributed by atoms with Crippen molar-refractivity contribution in [1.82, 2.24) is 9.88 Å². The predicted octanol–water partition coefficient (Wildman–Crippen LogP) is 4.60. The molecule has 2 aromatic carbocycles. The van der Waals surface area contributed by atoms with Gasteiger partial charge in [0.25, 0.3) is 0 Å². The quantitative estimate of drug-likeness (QED) is 0.387. The number of likely N-dealkylation sites (tertiary alicyclic amines) is 1. The first-order valence-electron chi connectivity index (χ1n) is 12.6. The van der Waals surface area contributed by atoms with Crippen LogP contribution in [-0.2, 0) is 13.0 Å². The third-order valence-electron chi connectivity index (χ3n) is 7.50. The average molecular weight is 518 g/mol. The number of aryl methyl sites for hydroxylation is 1. The van der Waals surface area contributed by atoms with Crippen molar-refractivity contribution in [3.05, 3.63) is 65.1 Å². The molecule has 0 spiro atoms. The van der Waals surface area contributed by atoms with Crippen LogP contribution in [0.25, 0.3) is 10.9 Å². The molecular formula is C28H34F3N3O3. The molecule has 0 aliphatic carbocycles. The fourth-order valence-corrected chi connectivity index (χ4v) is 5.19. The Labute approximate surface area is 215 Å². The highest BCUT2D eigenvalue weighted by Gasteiger charge is 2.33. The van der Waals surface area contributed by atoms with E-state index < -0.39 is 23.2 Å². The molecule has 0 bridgehead atoms. The van der Waals surface area contributed by atoms with Gasteiger partial charge in [0.1, 0.15) is 18.2 Å². The number of rotatable bonds is 11. The zero-order chi connectivity index (χ0) is 26.4. The summed E-state index contributed by atoms with van der Waals surface area (Å²) < 4.78 is 51.3. The molecule has 0 amide bonds. The molecule has 4 rings (SSSR count). The van der Waals surface area contributed by atoms with Gasteiger partial charge in [0.2, 0.25) is 0 Å². The maximum Gasteiger partial charge on any atom is 0.190 e. The lowest BCUT2D eigenvalue weighted by Crippen LogP contribution is -2.43. The van der Waals surface area contributed by atoms with Crippen LogP contribution in [0.1, 0.15) is 36.8 Å². The number of aromatic nitrogens is 1. The number of nitrogens with zero attached hydrogens (tertiary/aromatic N) is 2. The maximum absolute atomic E-state index is 13.8. The van der Waals surface area contributed by atoms with E-state index in [0.717, 1.165) is 67.4 Å². The molecule has 1 fully saturated rings. The van der Waals surface area contributed by atoms with E-state index in [9.17, 15) is 18.3 Å². The van der Waals surface area contributed by atoms with E-state index in [1.165, 1.54) is 5.56 Å². The second kappa shape index (κ2) is 12.1. The van der Waals surface area contributed by atoms with Crippen LogP contribution in [0, 0.1) is 22.9 Å². The van der Waals surface area contributed by atoms with Crippen LogP contribution >= 0.6 is 0 Å². The van der Waals surface area contributed by atoms with Gasteiger partial charge in [-0.25, -0.2) is 13.2 Å². The summed E-state index contributed by atoms with van der Waals surface area (Å²) in [5.74, 6) is -2.85. The van der Waals surface area contributed by atoms with Crippen molar-refractivity contribution in [1.29, 1.82) is 0 Å². The number of methoxy groups -OCH3 is 1. The summed E-state index contributed by atoms with van der Waals surface area (Å²) in [7, 11) is 1.64. The Hall–Kier alpha value is -2.88. The highest BCUT2D eigenvalue weighted by atomic mass is 19.1. The number of nitrogens with two attached hydrogens (primary N) is 1. The smallest absolute Gasteiger partial charge is 0.190 e. The molecule has 1 saturated heterocycles. The number of ether oxygens (including phenoxy) is 2. The van der Waals surface area contributed by atoms with Crippen molar-refractivity contribution in [3.63, 3.8) is 0 Å². The second-order valence-corrected chi connectivity index (χ2v) is 9.75. The summed E-state index contributed by atoms with van der Waals surface area (Å²) in [6, 6.07) is 7.06. The largest absolute Gasteiger partial charge is 0.497 e. The zero-order valence-electron chi connectivity index (χ0n) is 21.1. The van der Waals surface area contributed by atoms with Crippen molar-refractivity contribution >= 4 is 10.9 Å². The standard InChI is InChI=1S/C28H34F3N3O3/c1-36-21-4-5-26-23(15-21)22(19(16-32)17-33-26)3-2-6-28(18-35)7-9-34(10-8-28)11-12-37-27-24(30)13-20(29)14-25(27)31/h4-5,13-15,17,35H,2-3,6-12,16,18,32H2,1H3. The third kappa shape index (κ3) is 6.34. The molecule has 0 radical (unpaired) electrons. The van der Waals surface area contributed by atoms with Gasteiger partial charge in [0, 0.05) is 43.4 Å². The van der Waals surface area contributed by atoms with Gasteiger partial charge in [0.05, 0.1) is 12.6 Å². The number of fused-ring (bicyclic) bond motifs is 1. The fourth-order valence-electron chi connectivity index (χ4n) is 5.19. The lowest BCUT2D eigenvalue weighted by molar-refractivity contribution is 0.0313. The summed E-state index contributed by atoms with van der Waals surface area (Å²) in [6.07, 6.45) is 6.08. The maximum atomic E-state index is 13.8. The van der Waals surface area contributed by atoms with Crippen LogP contribution in [0.3, 0.4) is 0 Å². The average Bonchev–Trinajstić information content (AvgIpc) is 2.90. The summed E-state index contributed by atoms with van der Waals surface area (Å²) in [6.45, 7) is 2.60. The second-order valence-electron chi connectivity index (χ2n) is 9.75. The molecular weight excluding hydrogens is 483 g/mol. The Morgan fingerprint density at radius 2 is 1.84 bits per heavy atom. The normalized spacial score (nSPS) is 15.7. The Morgan fingerprint density at radius 1 is 1.11 bits per heavy atom. The summed E-state index contributed by atoms with van der Waals surface area (Å²) >= 11 is 0. The molecule has 37 heavy (non-hydrogen) atoms. The Balaban J connectivity index is 1.32. The van der Waals surface area contributed by atoms with Gasteiger partial charge in [0.15, 0.2) is 17.4 Å². The number of aliphatic hydroxyl groups excluding tert-OH is 1. The summed E-state index contributed by atoms with van der Waals surface area (Å²) in [4.78, 5) is 6.69. The predicted molar refractivity (Wildman–Crippen MR) is 136 cm³/mol. The van der Waals surface area contributed by atoms with Crippen molar-refractivity contribution in [3.8, 4) is 11.5 Å². The third-order valence-corrected chi connectivity index (χ3v) is 7.50. The minimum absolute atomic E-state index is 0.0893. The first kappa shape index (κ1) is 27.2. The first-order valence-corrected chi connectivity index (χ1v) is 12.6. The molecule has 2 heterocycles. The number of piperidine rings is 1. The van der Waals surface area contributed by atoms with E-state index in [0.29, 0.717) is 25.2 Å². The first-order chi connectivity index (χ1) is 17.9. The monoisotopic (exact) mass is 517 g/mol. The fraction of sp³-hybridized carbons (Fsp3) is 0.464. The van der Waals surface area contributed by atoms with Crippen LogP contribution in [0.4, 0.5) is 13.2 Å². The Bertz CT molecular complexity index is 1190. The van der Waals surface area contributed by atoms with Crippen LogP contribution in [0.5, 0.6) is 11.5 Å². The Kier molecular flexibility index (Phi) is 8.89. The number of halogens is 3. The molecule has 6 nitrogen and oxygen atoms in total. The number of pyridine rings is 1. The van der Waals surface area contributed by atoms with Crippen molar-refractivity contribution < 1.29 is 27.8 Å². The van der Waals surface area contributed by atoms with Gasteiger partial charge in [-0.05, 0) is 79.9 Å². The van der Waals surface area contributed by atoms with E-state index >= 15 is 0 Å². The van der Waals surface area contributed by atoms with Crippen molar-refractivity contribution in [2.75, 3.05) is 40.0 Å². The highest BCUT2D eigenvalue weighted by Crippen LogP contribution is 2.37. The van der Waals surface area contributed by atoms with Gasteiger partial charge in [-0.3, -0.25) is 9.88 Å². The van der Waals surface area contributed by atoms with E-state index in [-0.39, 0.29) is 18.6 Å². The molecule has 0 saturated carbocycles. The molecule has 1 aromatic heterocycles. The van der Waals surface area contributed by atoms with Crippen molar-refractivity contribution in [2.24, 2.45) is 11.1 Å². The molecule has 1 aliphatic rings. The molecule has 0 unspecified atom stereocenters. The van der Waals surface area contributed by atoms with E-state index in [4.69, 9.17) is 15.2 Å². The molecule has 3 aromatic rings. The van der Waals surface area contributed by atoms with Crippen LogP contribution in [0.2, 0.25) is 0 Å². The minimum Gasteiger partial charge on any atom is -0.497 e. The summed E-state index contributed by atoms with van der Waals surface area (Å²) in [5.41, 5.74) is 8.93. The van der Waals surface area contributed by atoms with Gasteiger partial charge in [-0.1, -0.05) is 0 Å². The highest BCUT2D eigenvalue weighted by molar-refractivity contribution is 5.84. The van der Waals surface area contributed by atoms with E-state index in [1.807, 2.05) is 24.4 Å². The zero-order valence-corrected chi connectivity index (χ0v) is 21.1. The molecule has 1 aliphatic heterocycles. The van der Waals surface area contributed by atoms with Gasteiger partial charge in [-0.2, -0.15) is 0 Å². The van der Waals surface area contributed by atoms with Gasteiger partial charge >= 0.3 is 0 Å². The van der Waals surface area contributed by atoms with E-state index in [1.54, 1.807) is 7.11 Å². The Morgan fingerprint density at radius 3 is 2.49 bits per heavy atom. The van der Waals surface area contributed by atoms with Crippen LogP contribution in [0.15, 0.2) is 36.5 Å². The van der Waals surface area contributed by atoms with Gasteiger partial charge < -0.3 is 20.3 Å². The number of benzene rings is 2. The van der Waals surface area contributed by atoms with Crippen LogP contribution in [-0.4, -0.2) is 54.9 Å². The SMILES string of the molecule is COc1ccc2ncc(CN)c(CCCC3(CO)CCN(CCOc4c(F)cc(F)cc4F)CC3)c2c1. The van der Waals surface area contributed by atoms with Crippen molar-refractivity contribution in [2.45, 2.75) is 38.6 Å².